The second-order valence-corrected chi connectivity index (χ2v) is 9.46. The van der Waals surface area contributed by atoms with Gasteiger partial charge in [-0.25, -0.2) is 4.98 Å². The van der Waals surface area contributed by atoms with Gasteiger partial charge in [0.2, 0.25) is 0 Å². The highest BCUT2D eigenvalue weighted by Gasteiger charge is 2.29. The molecule has 0 radical (unpaired) electrons. The third-order valence-corrected chi connectivity index (χ3v) is 7.45. The molecule has 0 aromatic carbocycles. The standard InChI is InChI=1S/C14H24N4O2S2/c1-16(2)22(19,20)18-9-7-17(8-10-18)11-14-15-12-5-3-4-6-13(12)21-14/h3-11H2,1-2H3. The van der Waals surface area contributed by atoms with Gasteiger partial charge in [0.1, 0.15) is 5.01 Å². The first kappa shape index (κ1) is 16.3. The molecule has 0 N–H and O–H groups in total. The summed E-state index contributed by atoms with van der Waals surface area (Å²) in [5.41, 5.74) is 1.31. The molecule has 1 saturated heterocycles. The Bertz CT molecular complexity index is 595. The van der Waals surface area contributed by atoms with Crippen molar-refractivity contribution in [1.29, 1.82) is 0 Å². The minimum absolute atomic E-state index is 0.561. The molecule has 1 aromatic heterocycles. The lowest BCUT2D eigenvalue weighted by molar-refractivity contribution is 0.177. The van der Waals surface area contributed by atoms with Gasteiger partial charge in [-0.05, 0) is 25.7 Å². The fraction of sp³-hybridized carbons (Fsp3) is 0.786. The molecular formula is C14H24N4O2S2. The van der Waals surface area contributed by atoms with E-state index in [-0.39, 0.29) is 0 Å². The molecule has 1 fully saturated rings. The number of nitrogens with zero attached hydrogens (tertiary/aromatic N) is 4. The van der Waals surface area contributed by atoms with Gasteiger partial charge in [0.05, 0.1) is 12.2 Å². The Morgan fingerprint density at radius 3 is 2.45 bits per heavy atom. The molecule has 0 unspecified atom stereocenters. The Kier molecular flexibility index (Phi) is 4.84. The van der Waals surface area contributed by atoms with Crippen LogP contribution in [0.15, 0.2) is 0 Å². The van der Waals surface area contributed by atoms with Crippen LogP contribution in [0.25, 0.3) is 0 Å². The topological polar surface area (TPSA) is 56.8 Å². The zero-order valence-electron chi connectivity index (χ0n) is 13.3. The molecule has 8 heteroatoms. The molecule has 0 saturated carbocycles. The molecule has 2 aliphatic rings. The predicted molar refractivity (Wildman–Crippen MR) is 88.2 cm³/mol. The Hall–Kier alpha value is -0.540. The van der Waals surface area contributed by atoms with Crippen molar-refractivity contribution in [3.8, 4) is 0 Å². The molecule has 1 aliphatic heterocycles. The van der Waals surface area contributed by atoms with E-state index in [1.807, 2.05) is 11.3 Å². The van der Waals surface area contributed by atoms with E-state index < -0.39 is 10.2 Å². The van der Waals surface area contributed by atoms with Crippen LogP contribution in [0.3, 0.4) is 0 Å². The third-order valence-electron chi connectivity index (χ3n) is 4.37. The number of thiazole rings is 1. The van der Waals surface area contributed by atoms with Crippen molar-refractivity contribution in [2.24, 2.45) is 0 Å². The Morgan fingerprint density at radius 2 is 1.82 bits per heavy atom. The van der Waals surface area contributed by atoms with Crippen molar-refractivity contribution in [1.82, 2.24) is 18.5 Å². The molecular weight excluding hydrogens is 320 g/mol. The van der Waals surface area contributed by atoms with Gasteiger partial charge in [-0.2, -0.15) is 17.0 Å². The molecule has 1 aromatic rings. The Labute approximate surface area is 136 Å². The van der Waals surface area contributed by atoms with Crippen molar-refractivity contribution in [2.75, 3.05) is 40.3 Å². The summed E-state index contributed by atoms with van der Waals surface area (Å²) in [4.78, 5) is 8.56. The van der Waals surface area contributed by atoms with E-state index in [0.717, 1.165) is 26.1 Å². The minimum atomic E-state index is -3.27. The van der Waals surface area contributed by atoms with Gasteiger partial charge in [0.25, 0.3) is 10.2 Å². The maximum absolute atomic E-state index is 12.1. The normalized spacial score (nSPS) is 21.2. The van der Waals surface area contributed by atoms with Gasteiger partial charge in [-0.1, -0.05) is 0 Å². The number of hydrogen-bond donors (Lipinski definition) is 0. The second-order valence-electron chi connectivity index (χ2n) is 6.15. The van der Waals surface area contributed by atoms with Gasteiger partial charge in [-0.15, -0.1) is 11.3 Å². The highest BCUT2D eigenvalue weighted by atomic mass is 32.2. The van der Waals surface area contributed by atoms with E-state index in [2.05, 4.69) is 4.90 Å². The van der Waals surface area contributed by atoms with E-state index in [1.54, 1.807) is 18.4 Å². The first-order chi connectivity index (χ1) is 10.5. The summed E-state index contributed by atoms with van der Waals surface area (Å²) >= 11 is 1.85. The smallest absolute Gasteiger partial charge is 0.281 e. The fourth-order valence-corrected chi connectivity index (χ4v) is 5.30. The van der Waals surface area contributed by atoms with Crippen molar-refractivity contribution in [3.63, 3.8) is 0 Å². The highest BCUT2D eigenvalue weighted by Crippen LogP contribution is 2.27. The van der Waals surface area contributed by atoms with Crippen LogP contribution in [0, 0.1) is 0 Å². The first-order valence-electron chi connectivity index (χ1n) is 7.84. The quantitative estimate of drug-likeness (QED) is 0.816. The first-order valence-corrected chi connectivity index (χ1v) is 10.1. The molecule has 2 heterocycles. The Morgan fingerprint density at radius 1 is 1.14 bits per heavy atom. The van der Waals surface area contributed by atoms with E-state index >= 15 is 0 Å². The van der Waals surface area contributed by atoms with Gasteiger partial charge in [-0.3, -0.25) is 4.90 Å². The van der Waals surface area contributed by atoms with Crippen LogP contribution in [-0.4, -0.2) is 67.2 Å². The van der Waals surface area contributed by atoms with E-state index in [9.17, 15) is 8.42 Å². The van der Waals surface area contributed by atoms with Crippen molar-refractivity contribution < 1.29 is 8.42 Å². The summed E-state index contributed by atoms with van der Waals surface area (Å²) in [5, 5.41) is 1.19. The average Bonchev–Trinajstić information content (AvgIpc) is 2.89. The zero-order chi connectivity index (χ0) is 15.7. The monoisotopic (exact) mass is 344 g/mol. The number of rotatable bonds is 4. The number of piperazine rings is 1. The lowest BCUT2D eigenvalue weighted by Gasteiger charge is -2.34. The largest absolute Gasteiger partial charge is 0.294 e. The highest BCUT2D eigenvalue weighted by molar-refractivity contribution is 7.86. The van der Waals surface area contributed by atoms with Gasteiger partial charge < -0.3 is 0 Å². The van der Waals surface area contributed by atoms with Crippen LogP contribution >= 0.6 is 11.3 Å². The zero-order valence-corrected chi connectivity index (χ0v) is 14.9. The molecule has 0 atom stereocenters. The molecule has 124 valence electrons. The van der Waals surface area contributed by atoms with Crippen LogP contribution in [0.1, 0.15) is 28.4 Å². The maximum Gasteiger partial charge on any atom is 0.281 e. The number of hydrogen-bond acceptors (Lipinski definition) is 5. The average molecular weight is 345 g/mol. The predicted octanol–water partition coefficient (Wildman–Crippen LogP) is 0.946. The summed E-state index contributed by atoms with van der Waals surface area (Å²) in [7, 11) is -0.101. The van der Waals surface area contributed by atoms with Gasteiger partial charge in [0.15, 0.2) is 0 Å². The number of aryl methyl sites for hydroxylation is 2. The van der Waals surface area contributed by atoms with Crippen LogP contribution in [-0.2, 0) is 29.6 Å². The molecule has 1 aliphatic carbocycles. The fourth-order valence-electron chi connectivity index (χ4n) is 3.01. The summed E-state index contributed by atoms with van der Waals surface area (Å²) in [6, 6.07) is 0. The molecule has 6 nitrogen and oxygen atoms in total. The van der Waals surface area contributed by atoms with Gasteiger partial charge >= 0.3 is 0 Å². The van der Waals surface area contributed by atoms with Gasteiger partial charge in [0, 0.05) is 45.2 Å². The van der Waals surface area contributed by atoms with E-state index in [4.69, 9.17) is 4.98 Å². The van der Waals surface area contributed by atoms with E-state index in [1.165, 1.54) is 39.1 Å². The number of fused-ring (bicyclic) bond motifs is 1. The second kappa shape index (κ2) is 6.52. The summed E-state index contributed by atoms with van der Waals surface area (Å²) < 4.78 is 27.1. The van der Waals surface area contributed by atoms with Crippen LogP contribution in [0.5, 0.6) is 0 Å². The molecule has 0 bridgehead atoms. The maximum atomic E-state index is 12.1. The molecule has 0 amide bonds. The lowest BCUT2D eigenvalue weighted by atomic mass is 10.0. The summed E-state index contributed by atoms with van der Waals surface area (Å²) in [6.07, 6.45) is 4.86. The molecule has 0 spiro atoms. The van der Waals surface area contributed by atoms with E-state index in [0.29, 0.717) is 13.1 Å². The molecule has 3 rings (SSSR count). The lowest BCUT2D eigenvalue weighted by Crippen LogP contribution is -2.51. The minimum Gasteiger partial charge on any atom is -0.294 e. The van der Waals surface area contributed by atoms with Crippen molar-refractivity contribution >= 4 is 21.5 Å². The summed E-state index contributed by atoms with van der Waals surface area (Å²) in [5.74, 6) is 0. The van der Waals surface area contributed by atoms with Crippen LogP contribution in [0.2, 0.25) is 0 Å². The SMILES string of the molecule is CN(C)S(=O)(=O)N1CCN(Cc2nc3c(s2)CCCC3)CC1. The van der Waals surface area contributed by atoms with Crippen LogP contribution in [0.4, 0.5) is 0 Å². The van der Waals surface area contributed by atoms with Crippen LogP contribution < -0.4 is 0 Å². The summed E-state index contributed by atoms with van der Waals surface area (Å²) in [6.45, 7) is 3.53. The number of aromatic nitrogens is 1. The third kappa shape index (κ3) is 3.35. The van der Waals surface area contributed by atoms with Crippen molar-refractivity contribution in [3.05, 3.63) is 15.6 Å². The molecule has 22 heavy (non-hydrogen) atoms. The Balaban J connectivity index is 1.57. The van der Waals surface area contributed by atoms with Crippen molar-refractivity contribution in [2.45, 2.75) is 32.2 Å².